The lowest BCUT2D eigenvalue weighted by molar-refractivity contribution is 0.0157. The van der Waals surface area contributed by atoms with Crippen LogP contribution in [0.3, 0.4) is 0 Å². The summed E-state index contributed by atoms with van der Waals surface area (Å²) >= 11 is 0. The van der Waals surface area contributed by atoms with Crippen LogP contribution in [0.25, 0.3) is 0 Å². The Hall–Kier alpha value is -2.76. The average molecular weight is 407 g/mol. The molecule has 0 spiro atoms. The molecule has 0 radical (unpaired) electrons. The van der Waals surface area contributed by atoms with Crippen molar-refractivity contribution in [1.29, 1.82) is 0 Å². The van der Waals surface area contributed by atoms with Crippen LogP contribution in [0.2, 0.25) is 0 Å². The second kappa shape index (κ2) is 8.31. The van der Waals surface area contributed by atoms with Crippen molar-refractivity contribution < 1.29 is 28.8 Å². The molecule has 156 valence electrons. The van der Waals surface area contributed by atoms with Crippen molar-refractivity contribution in [1.82, 2.24) is 15.0 Å². The van der Waals surface area contributed by atoms with Gasteiger partial charge in [-0.25, -0.2) is 14.4 Å². The summed E-state index contributed by atoms with van der Waals surface area (Å²) in [6, 6.07) is 3.39. The highest BCUT2D eigenvalue weighted by Crippen LogP contribution is 2.39. The van der Waals surface area contributed by atoms with Gasteiger partial charge in [-0.15, -0.1) is 0 Å². The van der Waals surface area contributed by atoms with E-state index in [1.807, 2.05) is 0 Å². The molecule has 4 heterocycles. The van der Waals surface area contributed by atoms with Crippen LogP contribution in [0, 0.1) is 0 Å². The highest BCUT2D eigenvalue weighted by atomic mass is 19.1. The van der Waals surface area contributed by atoms with Gasteiger partial charge in [0.1, 0.15) is 24.2 Å². The summed E-state index contributed by atoms with van der Waals surface area (Å²) in [6.07, 6.45) is 0.342. The summed E-state index contributed by atoms with van der Waals surface area (Å²) in [5, 5.41) is 23.4. The number of nitrogens with zero attached hydrogens (tertiary/aromatic N) is 4. The van der Waals surface area contributed by atoms with E-state index in [9.17, 15) is 14.6 Å². The van der Waals surface area contributed by atoms with Crippen LogP contribution >= 0.6 is 0 Å². The summed E-state index contributed by atoms with van der Waals surface area (Å²) < 4.78 is 28.3. The van der Waals surface area contributed by atoms with Crippen molar-refractivity contribution in [3.05, 3.63) is 30.2 Å². The molecule has 0 bridgehead atoms. The molecule has 0 aromatic carbocycles. The Balaban J connectivity index is 1.40. The second-order valence-corrected chi connectivity index (χ2v) is 6.75. The van der Waals surface area contributed by atoms with Crippen LogP contribution in [-0.2, 0) is 11.2 Å². The number of halogens is 1. The maximum absolute atomic E-state index is 12.1. The molecule has 4 rings (SSSR count). The molecule has 4 atom stereocenters. The molecule has 11 heteroatoms. The standard InChI is InChI=1S/C18H22FN5O5/c1-10-14(25)15(26)18(29-10)24-9-23-13-16(24)21-8-22-17(13)27-5-4-11-2-3-12(20-6-11)28-7-19/h2-3,6,8,10,14-15,18,23,25-26H,4-5,7,9H2,1H3/t10-,14-,15-,18-/m1/s1. The highest BCUT2D eigenvalue weighted by molar-refractivity contribution is 5.75. The molecular formula is C18H22FN5O5. The smallest absolute Gasteiger partial charge is 0.242 e. The van der Waals surface area contributed by atoms with Gasteiger partial charge in [-0.2, -0.15) is 4.98 Å². The van der Waals surface area contributed by atoms with Gasteiger partial charge in [0.25, 0.3) is 0 Å². The van der Waals surface area contributed by atoms with Gasteiger partial charge >= 0.3 is 0 Å². The van der Waals surface area contributed by atoms with Gasteiger partial charge in [0.15, 0.2) is 12.0 Å². The average Bonchev–Trinajstić information content (AvgIpc) is 3.26. The zero-order valence-corrected chi connectivity index (χ0v) is 15.7. The molecule has 29 heavy (non-hydrogen) atoms. The van der Waals surface area contributed by atoms with Crippen LogP contribution in [0.1, 0.15) is 12.5 Å². The lowest BCUT2D eigenvalue weighted by Crippen LogP contribution is -2.44. The van der Waals surface area contributed by atoms with E-state index in [2.05, 4.69) is 25.0 Å². The van der Waals surface area contributed by atoms with Gasteiger partial charge in [-0.1, -0.05) is 6.07 Å². The van der Waals surface area contributed by atoms with E-state index in [0.29, 0.717) is 37.1 Å². The zero-order valence-electron chi connectivity index (χ0n) is 15.7. The summed E-state index contributed by atoms with van der Waals surface area (Å²) in [5.74, 6) is 1.14. The van der Waals surface area contributed by atoms with E-state index in [-0.39, 0.29) is 5.88 Å². The van der Waals surface area contributed by atoms with Crippen LogP contribution in [-0.4, -0.2) is 69.8 Å². The third-order valence-electron chi connectivity index (χ3n) is 4.90. The Morgan fingerprint density at radius 2 is 2.10 bits per heavy atom. The van der Waals surface area contributed by atoms with Gasteiger partial charge in [0.05, 0.1) is 19.4 Å². The van der Waals surface area contributed by atoms with E-state index >= 15 is 0 Å². The van der Waals surface area contributed by atoms with E-state index in [1.54, 1.807) is 30.2 Å². The number of aliphatic hydroxyl groups excluding tert-OH is 2. The monoisotopic (exact) mass is 407 g/mol. The fourth-order valence-corrected chi connectivity index (χ4v) is 3.34. The Bertz CT molecular complexity index is 842. The SMILES string of the molecule is C[C@H]1O[C@@H](N2CNc3c(OCCc4ccc(OCF)nc4)ncnc32)[C@H](O)[C@@H]1O. The fraction of sp³-hybridized carbons (Fsp3) is 0.500. The maximum Gasteiger partial charge on any atom is 0.242 e. The first-order chi connectivity index (χ1) is 14.1. The molecule has 3 N–H and O–H groups in total. The Morgan fingerprint density at radius 1 is 1.24 bits per heavy atom. The number of anilines is 2. The topological polar surface area (TPSA) is 122 Å². The number of aliphatic hydroxyl groups is 2. The van der Waals surface area contributed by atoms with E-state index < -0.39 is 31.4 Å². The predicted octanol–water partition coefficient (Wildman–Crippen LogP) is 0.455. The van der Waals surface area contributed by atoms with E-state index in [1.165, 1.54) is 6.33 Å². The number of ether oxygens (including phenoxy) is 3. The van der Waals surface area contributed by atoms with Crippen molar-refractivity contribution in [2.45, 2.75) is 37.9 Å². The zero-order chi connectivity index (χ0) is 20.4. The number of pyridine rings is 1. The lowest BCUT2D eigenvalue weighted by atomic mass is 10.1. The van der Waals surface area contributed by atoms with Crippen molar-refractivity contribution in [2.24, 2.45) is 0 Å². The molecule has 2 aromatic heterocycles. The number of hydrogen-bond acceptors (Lipinski definition) is 10. The van der Waals surface area contributed by atoms with Crippen molar-refractivity contribution >= 4 is 11.5 Å². The third-order valence-corrected chi connectivity index (χ3v) is 4.90. The summed E-state index contributed by atoms with van der Waals surface area (Å²) in [6.45, 7) is 1.47. The second-order valence-electron chi connectivity index (χ2n) is 6.75. The molecular weight excluding hydrogens is 385 g/mol. The number of rotatable bonds is 7. The van der Waals surface area contributed by atoms with Crippen molar-refractivity contribution in [3.8, 4) is 11.8 Å². The van der Waals surface area contributed by atoms with Gasteiger partial charge < -0.3 is 34.6 Å². The summed E-state index contributed by atoms with van der Waals surface area (Å²) in [5.41, 5.74) is 1.50. The molecule has 0 aliphatic carbocycles. The minimum atomic E-state index is -1.05. The Morgan fingerprint density at radius 3 is 2.79 bits per heavy atom. The molecule has 1 saturated heterocycles. The largest absolute Gasteiger partial charge is 0.476 e. The summed E-state index contributed by atoms with van der Waals surface area (Å²) in [7, 11) is 0. The van der Waals surface area contributed by atoms with Crippen LogP contribution in [0.4, 0.5) is 15.9 Å². The normalized spacial score (nSPS) is 25.6. The van der Waals surface area contributed by atoms with Gasteiger partial charge in [0, 0.05) is 18.7 Å². The predicted molar refractivity (Wildman–Crippen MR) is 99.4 cm³/mol. The van der Waals surface area contributed by atoms with Gasteiger partial charge in [-0.3, -0.25) is 0 Å². The molecule has 2 aliphatic rings. The van der Waals surface area contributed by atoms with Crippen LogP contribution < -0.4 is 19.7 Å². The van der Waals surface area contributed by atoms with Gasteiger partial charge in [0.2, 0.25) is 18.6 Å². The number of nitrogens with one attached hydrogen (secondary N) is 1. The van der Waals surface area contributed by atoms with Crippen LogP contribution in [0.5, 0.6) is 11.8 Å². The Kier molecular flexibility index (Phi) is 5.60. The molecule has 0 amide bonds. The van der Waals surface area contributed by atoms with E-state index in [0.717, 1.165) is 5.56 Å². The summed E-state index contributed by atoms with van der Waals surface area (Å²) in [4.78, 5) is 14.2. The highest BCUT2D eigenvalue weighted by Gasteiger charge is 2.46. The molecule has 2 aliphatic heterocycles. The minimum Gasteiger partial charge on any atom is -0.476 e. The maximum atomic E-state index is 12.1. The number of alkyl halides is 1. The van der Waals surface area contributed by atoms with Gasteiger partial charge in [-0.05, 0) is 12.5 Å². The van der Waals surface area contributed by atoms with E-state index in [4.69, 9.17) is 9.47 Å². The minimum absolute atomic E-state index is 0.228. The number of hydrogen-bond donors (Lipinski definition) is 3. The molecule has 1 fully saturated rings. The quantitative estimate of drug-likeness (QED) is 0.596. The van der Waals surface area contributed by atoms with Crippen LogP contribution in [0.15, 0.2) is 24.7 Å². The molecule has 0 unspecified atom stereocenters. The van der Waals surface area contributed by atoms with Crippen molar-refractivity contribution in [2.75, 3.05) is 30.4 Å². The first-order valence-corrected chi connectivity index (χ1v) is 9.22. The molecule has 0 saturated carbocycles. The fourth-order valence-electron chi connectivity index (χ4n) is 3.34. The molecule has 2 aromatic rings. The van der Waals surface area contributed by atoms with Crippen molar-refractivity contribution in [3.63, 3.8) is 0 Å². The number of fused-ring (bicyclic) bond motifs is 1. The molecule has 10 nitrogen and oxygen atoms in total. The Labute approximate surface area is 166 Å². The lowest BCUT2D eigenvalue weighted by Gasteiger charge is -2.26. The first kappa shape index (κ1) is 19.6. The number of aromatic nitrogens is 3. The first-order valence-electron chi connectivity index (χ1n) is 9.22. The third kappa shape index (κ3) is 3.88.